The van der Waals surface area contributed by atoms with E-state index in [2.05, 4.69) is 93.5 Å². The molecule has 0 bridgehead atoms. The van der Waals surface area contributed by atoms with Crippen molar-refractivity contribution in [1.29, 1.82) is 0 Å². The van der Waals surface area contributed by atoms with E-state index < -0.39 is 5.97 Å². The van der Waals surface area contributed by atoms with Crippen molar-refractivity contribution in [2.45, 2.75) is 89.6 Å². The maximum Gasteiger partial charge on any atom is 0.303 e. The molecule has 0 radical (unpaired) electrons. The topological polar surface area (TPSA) is 62.7 Å². The molecule has 0 saturated carbocycles. The van der Waals surface area contributed by atoms with E-state index >= 15 is 0 Å². The number of unbranched alkanes of at least 4 members (excludes halogenated alkanes) is 2. The van der Waals surface area contributed by atoms with Crippen molar-refractivity contribution in [2.75, 3.05) is 24.7 Å². The second kappa shape index (κ2) is 22.6. The molecule has 2 heterocycles. The average molecular weight is 629 g/mol. The number of nitrogens with zero attached hydrogens (tertiary/aromatic N) is 2. The molecule has 1 aliphatic heterocycles. The third-order valence-electron chi connectivity index (χ3n) is 7.73. The molecule has 3 aromatic rings. The molecule has 0 aliphatic carbocycles. The number of aromatic nitrogens is 1. The van der Waals surface area contributed by atoms with Crippen LogP contribution in [0.5, 0.6) is 5.75 Å². The number of fused-ring (bicyclic) bond motifs is 1. The highest BCUT2D eigenvalue weighted by molar-refractivity contribution is 7.99. The van der Waals surface area contributed by atoms with Crippen molar-refractivity contribution in [3.05, 3.63) is 83.7 Å². The van der Waals surface area contributed by atoms with Crippen molar-refractivity contribution in [3.63, 3.8) is 0 Å². The van der Waals surface area contributed by atoms with Gasteiger partial charge in [0.2, 0.25) is 0 Å². The molecule has 1 aliphatic rings. The van der Waals surface area contributed by atoms with Gasteiger partial charge in [0.25, 0.3) is 0 Å². The Labute approximate surface area is 277 Å². The van der Waals surface area contributed by atoms with Crippen LogP contribution in [0.2, 0.25) is 0 Å². The van der Waals surface area contributed by atoms with Gasteiger partial charge in [-0.25, -0.2) is 0 Å². The fourth-order valence-electron chi connectivity index (χ4n) is 5.16. The fourth-order valence-corrected chi connectivity index (χ4v) is 6.57. The number of benzene rings is 2. The zero-order valence-electron chi connectivity index (χ0n) is 27.7. The molecule has 0 amide bonds. The first-order valence-corrected chi connectivity index (χ1v) is 16.8. The number of pyridine rings is 1. The summed E-state index contributed by atoms with van der Waals surface area (Å²) in [7, 11) is 4.27. The minimum Gasteiger partial charge on any atom is -0.487 e. The van der Waals surface area contributed by atoms with Crippen molar-refractivity contribution in [1.82, 2.24) is 4.98 Å². The Morgan fingerprint density at radius 2 is 1.58 bits per heavy atom. The number of carboxylic acid groups (broad SMARTS) is 1. The largest absolute Gasteiger partial charge is 0.487 e. The fraction of sp³-hybridized carbons (Fsp3) is 0.436. The Balaban J connectivity index is 0.000000409. The Bertz CT molecular complexity index is 1270. The van der Waals surface area contributed by atoms with Crippen LogP contribution < -0.4 is 9.64 Å². The third kappa shape index (κ3) is 14.6. The van der Waals surface area contributed by atoms with Gasteiger partial charge >= 0.3 is 5.97 Å². The van der Waals surface area contributed by atoms with Crippen molar-refractivity contribution < 1.29 is 14.6 Å². The Kier molecular flexibility index (Phi) is 19.7. The Hall–Kier alpha value is -3.87. The number of carbonyl (C=O) groups is 1. The van der Waals surface area contributed by atoms with Gasteiger partial charge in [-0.3, -0.25) is 9.78 Å². The zero-order chi connectivity index (χ0) is 33.5. The van der Waals surface area contributed by atoms with Crippen LogP contribution in [-0.4, -0.2) is 35.9 Å². The Morgan fingerprint density at radius 1 is 0.933 bits per heavy atom. The number of rotatable bonds is 13. The summed E-state index contributed by atoms with van der Waals surface area (Å²) < 4.78 is 5.59. The number of hydrogen-bond donors (Lipinski definition) is 1. The molecule has 0 spiro atoms. The van der Waals surface area contributed by atoms with Gasteiger partial charge in [0.15, 0.2) is 0 Å². The summed E-state index contributed by atoms with van der Waals surface area (Å²) in [5, 5.41) is 8.64. The molecule has 2 aromatic carbocycles. The van der Waals surface area contributed by atoms with E-state index in [0.29, 0.717) is 18.4 Å². The zero-order valence-corrected chi connectivity index (χ0v) is 28.5. The van der Waals surface area contributed by atoms with Crippen LogP contribution in [0.25, 0.3) is 0 Å². The molecule has 6 heteroatoms. The highest BCUT2D eigenvalue weighted by Gasteiger charge is 2.31. The molecule has 0 fully saturated rings. The first-order chi connectivity index (χ1) is 21.8. The minimum atomic E-state index is -0.812. The lowest BCUT2D eigenvalue weighted by Gasteiger charge is -2.32. The number of ether oxygens (including phenoxy) is 1. The summed E-state index contributed by atoms with van der Waals surface area (Å²) in [5.41, 5.74) is 5.07. The lowest BCUT2D eigenvalue weighted by atomic mass is 9.75. The second-order valence-corrected chi connectivity index (χ2v) is 12.3. The second-order valence-electron chi connectivity index (χ2n) is 11.3. The van der Waals surface area contributed by atoms with E-state index in [4.69, 9.17) is 9.84 Å². The number of thioether (sulfide) groups is 1. The van der Waals surface area contributed by atoms with Crippen molar-refractivity contribution in [3.8, 4) is 31.4 Å². The van der Waals surface area contributed by atoms with Crippen LogP contribution in [0.4, 0.5) is 5.69 Å². The normalized spacial score (nSPS) is 12.6. The molecule has 1 N–H and O–H groups in total. The highest BCUT2D eigenvalue weighted by atomic mass is 32.2. The molecule has 45 heavy (non-hydrogen) atoms. The molecule has 0 saturated heterocycles. The summed E-state index contributed by atoms with van der Waals surface area (Å²) >= 11 is 2.12. The van der Waals surface area contributed by atoms with Gasteiger partial charge in [-0.2, -0.15) is 0 Å². The molecule has 0 unspecified atom stereocenters. The molecule has 5 nitrogen and oxygen atoms in total. The number of hydrogen-bond acceptors (Lipinski definition) is 5. The lowest BCUT2D eigenvalue weighted by molar-refractivity contribution is -0.136. The van der Waals surface area contributed by atoms with Crippen LogP contribution in [0.15, 0.2) is 71.6 Å². The van der Waals surface area contributed by atoms with E-state index in [1.165, 1.54) is 67.7 Å². The van der Waals surface area contributed by atoms with Crippen LogP contribution in [-0.2, 0) is 24.2 Å². The predicted octanol–water partition coefficient (Wildman–Crippen LogP) is 9.33. The van der Waals surface area contributed by atoms with E-state index in [0.717, 1.165) is 17.1 Å². The number of terminal acetylenes is 2. The first kappa shape index (κ1) is 39.2. The maximum atomic E-state index is 10.5. The number of anilines is 1. The van der Waals surface area contributed by atoms with Crippen LogP contribution in [0.3, 0.4) is 0 Å². The van der Waals surface area contributed by atoms with Crippen LogP contribution >= 0.6 is 11.8 Å². The molecular weight excluding hydrogens is 577 g/mol. The highest BCUT2D eigenvalue weighted by Crippen LogP contribution is 2.45. The molecule has 242 valence electrons. The van der Waals surface area contributed by atoms with Crippen molar-refractivity contribution >= 4 is 23.4 Å². The smallest absolute Gasteiger partial charge is 0.303 e. The summed E-state index contributed by atoms with van der Waals surface area (Å²) in [5.74, 6) is 1.30. The van der Waals surface area contributed by atoms with Crippen LogP contribution in [0.1, 0.15) is 82.2 Å². The summed E-state index contributed by atoms with van der Waals surface area (Å²) in [4.78, 5) is 18.6. The molecule has 4 rings (SSSR count). The third-order valence-corrected chi connectivity index (χ3v) is 9.20. The van der Waals surface area contributed by atoms with Gasteiger partial charge in [-0.15, -0.1) is 37.5 Å². The van der Waals surface area contributed by atoms with E-state index in [-0.39, 0.29) is 6.42 Å². The van der Waals surface area contributed by atoms with Crippen molar-refractivity contribution in [2.24, 2.45) is 5.41 Å². The van der Waals surface area contributed by atoms with Gasteiger partial charge in [0, 0.05) is 42.5 Å². The Morgan fingerprint density at radius 3 is 2.18 bits per heavy atom. The quantitative estimate of drug-likeness (QED) is 0.190. The summed E-state index contributed by atoms with van der Waals surface area (Å²) in [6, 6.07) is 22.1. The van der Waals surface area contributed by atoms with E-state index in [1.807, 2.05) is 48.5 Å². The molecule has 1 aromatic heterocycles. The minimum absolute atomic E-state index is 0.0932. The van der Waals surface area contributed by atoms with Gasteiger partial charge < -0.3 is 14.7 Å². The molecule has 0 atom stereocenters. The monoisotopic (exact) mass is 628 g/mol. The standard InChI is InChI=1S/C20H33NS.C15H15NO3.2C2H2/c1-5-7-12-20(13-8-6-2)14-11-17-15-18(21(3)4)9-10-19(17)22-16-20;17-15(18)10-9-12-5-4-6-13(16-12)11-19-14-7-2-1-3-8-14;2*1-2/h9-10,15H,5-8,11-14,16H2,1-4H3;1-8H,9-11H2,(H,17,18);2*1-2H. The SMILES string of the molecule is C#C.C#C.CCCCC1(CCCC)CCc2cc(N(C)C)ccc2SC1.O=C(O)CCc1cccc(COc2ccccc2)n1. The lowest BCUT2D eigenvalue weighted by Crippen LogP contribution is -2.24. The predicted molar refractivity (Wildman–Crippen MR) is 192 cm³/mol. The van der Waals surface area contributed by atoms with E-state index in [9.17, 15) is 4.79 Å². The van der Waals surface area contributed by atoms with Gasteiger partial charge in [-0.05, 0) is 79.1 Å². The average Bonchev–Trinajstić information content (AvgIpc) is 3.27. The van der Waals surface area contributed by atoms with Gasteiger partial charge in [0.1, 0.15) is 12.4 Å². The maximum absolute atomic E-state index is 10.5. The number of carboxylic acids is 1. The van der Waals surface area contributed by atoms with Gasteiger partial charge in [-0.1, -0.05) is 63.8 Å². The van der Waals surface area contributed by atoms with Crippen LogP contribution in [0, 0.1) is 31.1 Å². The van der Waals surface area contributed by atoms with E-state index in [1.54, 1.807) is 5.56 Å². The first-order valence-electron chi connectivity index (χ1n) is 15.8. The van der Waals surface area contributed by atoms with Gasteiger partial charge in [0.05, 0.1) is 12.1 Å². The summed E-state index contributed by atoms with van der Waals surface area (Å²) in [6.45, 7) is 5.04. The number of para-hydroxylation sites is 1. The summed E-state index contributed by atoms with van der Waals surface area (Å²) in [6.07, 6.45) is 27.5. The number of aryl methyl sites for hydroxylation is 2. The number of aliphatic carboxylic acids is 1. The molecular formula is C39H52N2O3S.